The van der Waals surface area contributed by atoms with Crippen molar-refractivity contribution in [1.82, 2.24) is 15.3 Å². The van der Waals surface area contributed by atoms with Crippen LogP contribution in [0.2, 0.25) is 0 Å². The van der Waals surface area contributed by atoms with E-state index in [1.54, 1.807) is 23.9 Å². The van der Waals surface area contributed by atoms with E-state index in [9.17, 15) is 4.79 Å². The summed E-state index contributed by atoms with van der Waals surface area (Å²) in [6.07, 6.45) is 3.54. The largest absolute Gasteiger partial charge is 0.475 e. The molecule has 2 heterocycles. The molecule has 2 N–H and O–H groups in total. The van der Waals surface area contributed by atoms with Crippen LogP contribution in [0.5, 0.6) is 5.88 Å². The number of benzene rings is 1. The zero-order valence-electron chi connectivity index (χ0n) is 17.0. The maximum absolute atomic E-state index is 12.3. The SMILES string of the molecule is CC(C)(C)OCCOc1ccc(C(=O)NCCSc2c[nH]c3ccccc23)cn1. The summed E-state index contributed by atoms with van der Waals surface area (Å²) in [5, 5.41) is 4.13. The Morgan fingerprint density at radius 1 is 1.17 bits per heavy atom. The summed E-state index contributed by atoms with van der Waals surface area (Å²) >= 11 is 1.72. The summed E-state index contributed by atoms with van der Waals surface area (Å²) in [6.45, 7) is 7.47. The number of aromatic amines is 1. The second-order valence-corrected chi connectivity index (χ2v) is 8.63. The number of carbonyl (C=O) groups is 1. The first-order valence-corrected chi connectivity index (χ1v) is 10.6. The number of rotatable bonds is 9. The molecule has 0 bridgehead atoms. The molecule has 0 radical (unpaired) electrons. The second-order valence-electron chi connectivity index (χ2n) is 7.50. The Balaban J connectivity index is 1.39. The van der Waals surface area contributed by atoms with Gasteiger partial charge in [0.25, 0.3) is 5.91 Å². The first-order chi connectivity index (χ1) is 13.9. The van der Waals surface area contributed by atoms with Crippen molar-refractivity contribution < 1.29 is 14.3 Å². The van der Waals surface area contributed by atoms with Gasteiger partial charge in [0, 0.05) is 46.6 Å². The van der Waals surface area contributed by atoms with Gasteiger partial charge >= 0.3 is 0 Å². The Morgan fingerprint density at radius 3 is 2.76 bits per heavy atom. The maximum atomic E-state index is 12.3. The van der Waals surface area contributed by atoms with Gasteiger partial charge in [0.2, 0.25) is 5.88 Å². The van der Waals surface area contributed by atoms with Crippen molar-refractivity contribution in [1.29, 1.82) is 0 Å². The van der Waals surface area contributed by atoms with Crippen molar-refractivity contribution in [2.45, 2.75) is 31.3 Å². The molecule has 0 aliphatic heterocycles. The van der Waals surface area contributed by atoms with Gasteiger partial charge in [-0.15, -0.1) is 11.8 Å². The van der Waals surface area contributed by atoms with E-state index in [-0.39, 0.29) is 11.5 Å². The fourth-order valence-corrected chi connectivity index (χ4v) is 3.59. The number of hydrogen-bond donors (Lipinski definition) is 2. The van der Waals surface area contributed by atoms with Crippen molar-refractivity contribution in [3.8, 4) is 5.88 Å². The molecule has 154 valence electrons. The number of para-hydroxylation sites is 1. The first kappa shape index (κ1) is 21.2. The molecule has 6 nitrogen and oxygen atoms in total. The van der Waals surface area contributed by atoms with E-state index in [2.05, 4.69) is 27.4 Å². The predicted molar refractivity (Wildman–Crippen MR) is 117 cm³/mol. The second kappa shape index (κ2) is 9.80. The van der Waals surface area contributed by atoms with Gasteiger partial charge in [0.15, 0.2) is 0 Å². The number of H-pyrrole nitrogens is 1. The van der Waals surface area contributed by atoms with Gasteiger partial charge in [0.1, 0.15) is 6.61 Å². The Labute approximate surface area is 175 Å². The molecule has 0 unspecified atom stereocenters. The molecule has 1 aromatic carbocycles. The van der Waals surface area contributed by atoms with Gasteiger partial charge in [-0.05, 0) is 32.9 Å². The molecule has 0 atom stereocenters. The van der Waals surface area contributed by atoms with Crippen molar-refractivity contribution in [2.24, 2.45) is 0 Å². The Bertz CT molecular complexity index is 932. The van der Waals surface area contributed by atoms with Crippen LogP contribution in [0.1, 0.15) is 31.1 Å². The predicted octanol–water partition coefficient (Wildman–Crippen LogP) is 4.28. The molecular weight excluding hydrogens is 386 g/mol. The Hall–Kier alpha value is -2.51. The highest BCUT2D eigenvalue weighted by molar-refractivity contribution is 7.99. The summed E-state index contributed by atoms with van der Waals surface area (Å²) in [5.74, 6) is 1.13. The number of hydrogen-bond acceptors (Lipinski definition) is 5. The van der Waals surface area contributed by atoms with Crippen LogP contribution in [-0.2, 0) is 4.74 Å². The number of fused-ring (bicyclic) bond motifs is 1. The molecule has 1 amide bonds. The first-order valence-electron chi connectivity index (χ1n) is 9.62. The van der Waals surface area contributed by atoms with Crippen LogP contribution in [-0.4, -0.2) is 47.0 Å². The van der Waals surface area contributed by atoms with Gasteiger partial charge in [-0.25, -0.2) is 4.98 Å². The van der Waals surface area contributed by atoms with Crippen LogP contribution >= 0.6 is 11.8 Å². The van der Waals surface area contributed by atoms with E-state index < -0.39 is 0 Å². The Kier molecular flexibility index (Phi) is 7.17. The fourth-order valence-electron chi connectivity index (χ4n) is 2.69. The average molecular weight is 414 g/mol. The molecule has 3 aromatic rings. The van der Waals surface area contributed by atoms with Crippen LogP contribution in [0.4, 0.5) is 0 Å². The summed E-state index contributed by atoms with van der Waals surface area (Å²) in [4.78, 5) is 20.9. The standard InChI is InChI=1S/C22H27N3O3S/c1-22(2,3)28-12-11-27-20-9-8-16(14-25-20)21(26)23-10-13-29-19-15-24-18-7-5-4-6-17(18)19/h4-9,14-15,24H,10-13H2,1-3H3,(H,23,26). The van der Waals surface area contributed by atoms with E-state index in [4.69, 9.17) is 9.47 Å². The van der Waals surface area contributed by atoms with Gasteiger partial charge in [-0.1, -0.05) is 18.2 Å². The molecule has 2 aromatic heterocycles. The molecule has 7 heteroatoms. The van der Waals surface area contributed by atoms with Crippen LogP contribution in [0.15, 0.2) is 53.7 Å². The molecule has 0 saturated carbocycles. The number of ether oxygens (including phenoxy) is 2. The van der Waals surface area contributed by atoms with Crippen LogP contribution in [0.3, 0.4) is 0 Å². The molecule has 0 spiro atoms. The van der Waals surface area contributed by atoms with Crippen molar-refractivity contribution in [3.63, 3.8) is 0 Å². The summed E-state index contributed by atoms with van der Waals surface area (Å²) in [7, 11) is 0. The highest BCUT2D eigenvalue weighted by atomic mass is 32.2. The lowest BCUT2D eigenvalue weighted by Crippen LogP contribution is -2.25. The third kappa shape index (κ3) is 6.51. The van der Waals surface area contributed by atoms with Crippen molar-refractivity contribution >= 4 is 28.6 Å². The molecule has 29 heavy (non-hydrogen) atoms. The smallest absolute Gasteiger partial charge is 0.252 e. The topological polar surface area (TPSA) is 76.2 Å². The minimum atomic E-state index is -0.189. The highest BCUT2D eigenvalue weighted by Crippen LogP contribution is 2.27. The number of carbonyl (C=O) groups excluding carboxylic acids is 1. The minimum absolute atomic E-state index is 0.139. The lowest BCUT2D eigenvalue weighted by atomic mass is 10.2. The van der Waals surface area contributed by atoms with E-state index in [0.29, 0.717) is 31.2 Å². The lowest BCUT2D eigenvalue weighted by Gasteiger charge is -2.19. The lowest BCUT2D eigenvalue weighted by molar-refractivity contribution is -0.0168. The number of pyridine rings is 1. The fraction of sp³-hybridized carbons (Fsp3) is 0.364. The van der Waals surface area contributed by atoms with Crippen LogP contribution in [0.25, 0.3) is 10.9 Å². The Morgan fingerprint density at radius 2 is 2.00 bits per heavy atom. The molecule has 0 fully saturated rings. The van der Waals surface area contributed by atoms with Gasteiger partial charge < -0.3 is 19.8 Å². The summed E-state index contributed by atoms with van der Waals surface area (Å²) in [6, 6.07) is 11.6. The number of aromatic nitrogens is 2. The maximum Gasteiger partial charge on any atom is 0.252 e. The summed E-state index contributed by atoms with van der Waals surface area (Å²) in [5.41, 5.74) is 1.45. The number of nitrogens with zero attached hydrogens (tertiary/aromatic N) is 1. The number of amides is 1. The van der Waals surface area contributed by atoms with Gasteiger partial charge in [-0.2, -0.15) is 0 Å². The molecule has 0 aliphatic rings. The quantitative estimate of drug-likeness (QED) is 0.404. The van der Waals surface area contributed by atoms with E-state index in [1.165, 1.54) is 16.5 Å². The third-order valence-electron chi connectivity index (χ3n) is 4.06. The zero-order valence-corrected chi connectivity index (χ0v) is 17.8. The average Bonchev–Trinajstić information content (AvgIpc) is 3.11. The van der Waals surface area contributed by atoms with Crippen LogP contribution < -0.4 is 10.1 Å². The van der Waals surface area contributed by atoms with E-state index >= 15 is 0 Å². The van der Waals surface area contributed by atoms with Gasteiger partial charge in [0.05, 0.1) is 17.8 Å². The van der Waals surface area contributed by atoms with Crippen LogP contribution in [0, 0.1) is 0 Å². The van der Waals surface area contributed by atoms with E-state index in [0.717, 1.165) is 11.3 Å². The number of nitrogens with one attached hydrogen (secondary N) is 2. The van der Waals surface area contributed by atoms with Crippen molar-refractivity contribution in [2.75, 3.05) is 25.5 Å². The molecule has 3 rings (SSSR count). The highest BCUT2D eigenvalue weighted by Gasteiger charge is 2.10. The summed E-state index contributed by atoms with van der Waals surface area (Å²) < 4.78 is 11.1. The molecule has 0 saturated heterocycles. The molecular formula is C22H27N3O3S. The zero-order chi connectivity index (χ0) is 20.7. The normalized spacial score (nSPS) is 11.6. The number of thioether (sulfide) groups is 1. The van der Waals surface area contributed by atoms with Gasteiger partial charge in [-0.3, -0.25) is 4.79 Å². The monoisotopic (exact) mass is 413 g/mol. The third-order valence-corrected chi connectivity index (χ3v) is 5.12. The molecule has 0 aliphatic carbocycles. The minimum Gasteiger partial charge on any atom is -0.475 e. The van der Waals surface area contributed by atoms with E-state index in [1.807, 2.05) is 39.1 Å². The van der Waals surface area contributed by atoms with Crippen molar-refractivity contribution in [3.05, 3.63) is 54.4 Å².